The summed E-state index contributed by atoms with van der Waals surface area (Å²) in [6, 6.07) is 1.61. The van der Waals surface area contributed by atoms with Gasteiger partial charge in [-0.1, -0.05) is 11.6 Å². The number of carbonyl (C=O) groups is 1. The molecule has 5 heteroatoms. The summed E-state index contributed by atoms with van der Waals surface area (Å²) in [5, 5.41) is 0.447. The summed E-state index contributed by atoms with van der Waals surface area (Å²) in [6.07, 6.45) is 5.25. The van der Waals surface area contributed by atoms with Crippen LogP contribution in [0.25, 0.3) is 0 Å². The Morgan fingerprint density at radius 2 is 2.06 bits per heavy atom. The molecule has 1 fully saturated rings. The minimum Gasteiger partial charge on any atom is -0.383 e. The number of hydrogen-bond donors (Lipinski definition) is 2. The minimum absolute atomic E-state index is 0.0374. The molecule has 1 saturated carbocycles. The number of nitrogens with zero attached hydrogens (tertiary/aromatic N) is 1. The molecular weight excluding hydrogens is 250 g/mol. The lowest BCUT2D eigenvalue weighted by Gasteiger charge is -2.26. The number of halogens is 1. The SMILES string of the molecule is NCC1CCC(C(=O)c2cc(Cl)cnc2N)CC1. The first-order chi connectivity index (χ1) is 8.61. The third kappa shape index (κ3) is 2.82. The standard InChI is InChI=1S/C13H18ClN3O/c14-10-5-11(13(16)17-7-10)12(18)9-3-1-8(6-15)2-4-9/h5,7-9H,1-4,6,15H2,(H2,16,17). The third-order valence-electron chi connectivity index (χ3n) is 3.70. The van der Waals surface area contributed by atoms with Gasteiger partial charge in [0, 0.05) is 12.1 Å². The number of anilines is 1. The van der Waals surface area contributed by atoms with E-state index in [1.54, 1.807) is 6.07 Å². The average Bonchev–Trinajstić information content (AvgIpc) is 2.41. The van der Waals surface area contributed by atoms with Gasteiger partial charge in [0.2, 0.25) is 0 Å². The van der Waals surface area contributed by atoms with Crippen LogP contribution in [0.3, 0.4) is 0 Å². The zero-order chi connectivity index (χ0) is 13.1. The molecule has 18 heavy (non-hydrogen) atoms. The number of carbonyl (C=O) groups excluding carboxylic acids is 1. The number of aromatic nitrogens is 1. The molecule has 4 nitrogen and oxygen atoms in total. The fourth-order valence-electron chi connectivity index (χ4n) is 2.53. The predicted octanol–water partition coefficient (Wildman–Crippen LogP) is 2.27. The lowest BCUT2D eigenvalue weighted by atomic mass is 9.79. The van der Waals surface area contributed by atoms with Crippen molar-refractivity contribution in [1.29, 1.82) is 0 Å². The Kier molecular flexibility index (Phi) is 4.19. The van der Waals surface area contributed by atoms with E-state index in [2.05, 4.69) is 4.98 Å². The Labute approximate surface area is 112 Å². The molecule has 2 rings (SSSR count). The molecule has 1 aromatic rings. The maximum atomic E-state index is 12.4. The average molecular weight is 268 g/mol. The molecule has 1 aliphatic rings. The van der Waals surface area contributed by atoms with Crippen LogP contribution in [0.4, 0.5) is 5.82 Å². The van der Waals surface area contributed by atoms with Gasteiger partial charge in [-0.15, -0.1) is 0 Å². The first kappa shape index (κ1) is 13.3. The van der Waals surface area contributed by atoms with Crippen molar-refractivity contribution in [3.8, 4) is 0 Å². The van der Waals surface area contributed by atoms with Gasteiger partial charge in [-0.25, -0.2) is 4.98 Å². The summed E-state index contributed by atoms with van der Waals surface area (Å²) in [7, 11) is 0. The van der Waals surface area contributed by atoms with E-state index in [1.807, 2.05) is 0 Å². The maximum absolute atomic E-state index is 12.4. The monoisotopic (exact) mass is 267 g/mol. The van der Waals surface area contributed by atoms with Crippen molar-refractivity contribution in [1.82, 2.24) is 4.98 Å². The highest BCUT2D eigenvalue weighted by atomic mass is 35.5. The molecule has 0 spiro atoms. The molecule has 4 N–H and O–H groups in total. The van der Waals surface area contributed by atoms with Gasteiger partial charge in [0.25, 0.3) is 0 Å². The van der Waals surface area contributed by atoms with Crippen LogP contribution in [0.1, 0.15) is 36.0 Å². The highest BCUT2D eigenvalue weighted by Crippen LogP contribution is 2.31. The van der Waals surface area contributed by atoms with Gasteiger partial charge in [0.15, 0.2) is 5.78 Å². The van der Waals surface area contributed by atoms with E-state index >= 15 is 0 Å². The van der Waals surface area contributed by atoms with E-state index in [4.69, 9.17) is 23.1 Å². The molecule has 0 saturated heterocycles. The second-order valence-electron chi connectivity index (χ2n) is 4.90. The van der Waals surface area contributed by atoms with E-state index in [1.165, 1.54) is 6.20 Å². The van der Waals surface area contributed by atoms with Crippen LogP contribution < -0.4 is 11.5 Å². The van der Waals surface area contributed by atoms with Crippen molar-refractivity contribution in [2.75, 3.05) is 12.3 Å². The normalized spacial score (nSPS) is 23.9. The Morgan fingerprint density at radius 1 is 1.39 bits per heavy atom. The zero-order valence-corrected chi connectivity index (χ0v) is 11.0. The Morgan fingerprint density at radius 3 is 2.67 bits per heavy atom. The van der Waals surface area contributed by atoms with Crippen LogP contribution in [-0.2, 0) is 0 Å². The van der Waals surface area contributed by atoms with Gasteiger partial charge in [0.1, 0.15) is 5.82 Å². The van der Waals surface area contributed by atoms with Crippen LogP contribution in [-0.4, -0.2) is 17.3 Å². The molecule has 0 radical (unpaired) electrons. The van der Waals surface area contributed by atoms with Crippen LogP contribution in [0.2, 0.25) is 5.02 Å². The van der Waals surface area contributed by atoms with Crippen molar-refractivity contribution in [2.24, 2.45) is 17.6 Å². The smallest absolute Gasteiger partial charge is 0.169 e. The zero-order valence-electron chi connectivity index (χ0n) is 10.2. The molecule has 1 aromatic heterocycles. The number of nitrogens with two attached hydrogens (primary N) is 2. The molecule has 0 bridgehead atoms. The third-order valence-corrected chi connectivity index (χ3v) is 3.91. The summed E-state index contributed by atoms with van der Waals surface area (Å²) >= 11 is 5.86. The molecule has 0 amide bonds. The molecule has 0 atom stereocenters. The van der Waals surface area contributed by atoms with Crippen LogP contribution in [0.5, 0.6) is 0 Å². The van der Waals surface area contributed by atoms with Crippen molar-refractivity contribution in [2.45, 2.75) is 25.7 Å². The number of nitrogen functional groups attached to an aromatic ring is 1. The fourth-order valence-corrected chi connectivity index (χ4v) is 2.69. The molecule has 98 valence electrons. The van der Waals surface area contributed by atoms with Crippen LogP contribution >= 0.6 is 11.6 Å². The molecule has 1 aliphatic carbocycles. The minimum atomic E-state index is 0.0374. The second kappa shape index (κ2) is 5.67. The number of rotatable bonds is 3. The molecule has 1 heterocycles. The number of hydrogen-bond acceptors (Lipinski definition) is 4. The van der Waals surface area contributed by atoms with Crippen molar-refractivity contribution < 1.29 is 4.79 Å². The van der Waals surface area contributed by atoms with Crippen molar-refractivity contribution in [3.63, 3.8) is 0 Å². The summed E-state index contributed by atoms with van der Waals surface area (Å²) < 4.78 is 0. The van der Waals surface area contributed by atoms with Gasteiger partial charge >= 0.3 is 0 Å². The molecule has 0 aromatic carbocycles. The quantitative estimate of drug-likeness (QED) is 0.823. The Bertz CT molecular complexity index is 442. The van der Waals surface area contributed by atoms with Gasteiger partial charge in [-0.2, -0.15) is 0 Å². The molecule has 0 aliphatic heterocycles. The lowest BCUT2D eigenvalue weighted by Crippen LogP contribution is -2.26. The number of pyridine rings is 1. The molecular formula is C13H18ClN3O. The van der Waals surface area contributed by atoms with Crippen LogP contribution in [0, 0.1) is 11.8 Å². The summed E-state index contributed by atoms with van der Waals surface area (Å²) in [4.78, 5) is 16.3. The summed E-state index contributed by atoms with van der Waals surface area (Å²) in [5.41, 5.74) is 11.8. The van der Waals surface area contributed by atoms with E-state index in [0.29, 0.717) is 23.0 Å². The van der Waals surface area contributed by atoms with Crippen LogP contribution in [0.15, 0.2) is 12.3 Å². The predicted molar refractivity (Wildman–Crippen MR) is 72.5 cm³/mol. The van der Waals surface area contributed by atoms with Crippen molar-refractivity contribution >= 4 is 23.2 Å². The topological polar surface area (TPSA) is 82.0 Å². The summed E-state index contributed by atoms with van der Waals surface area (Å²) in [5.74, 6) is 0.933. The number of Topliss-reactive ketones (excluding diaryl/α,β-unsaturated/α-hetero) is 1. The maximum Gasteiger partial charge on any atom is 0.169 e. The largest absolute Gasteiger partial charge is 0.383 e. The van der Waals surface area contributed by atoms with E-state index in [-0.39, 0.29) is 17.5 Å². The fraction of sp³-hybridized carbons (Fsp3) is 0.538. The lowest BCUT2D eigenvalue weighted by molar-refractivity contribution is 0.0874. The van der Waals surface area contributed by atoms with Gasteiger partial charge < -0.3 is 11.5 Å². The highest BCUT2D eigenvalue weighted by Gasteiger charge is 2.27. The second-order valence-corrected chi connectivity index (χ2v) is 5.34. The highest BCUT2D eigenvalue weighted by molar-refractivity contribution is 6.31. The van der Waals surface area contributed by atoms with E-state index in [9.17, 15) is 4.79 Å². The number of ketones is 1. The van der Waals surface area contributed by atoms with Gasteiger partial charge in [-0.05, 0) is 44.2 Å². The summed E-state index contributed by atoms with van der Waals surface area (Å²) in [6.45, 7) is 0.710. The van der Waals surface area contributed by atoms with Crippen molar-refractivity contribution in [3.05, 3.63) is 22.8 Å². The first-order valence-corrected chi connectivity index (χ1v) is 6.65. The first-order valence-electron chi connectivity index (χ1n) is 6.27. The Balaban J connectivity index is 2.10. The van der Waals surface area contributed by atoms with Gasteiger partial charge in [-0.3, -0.25) is 4.79 Å². The Hall–Kier alpha value is -1.13. The molecule has 0 unspecified atom stereocenters. The van der Waals surface area contributed by atoms with E-state index < -0.39 is 0 Å². The van der Waals surface area contributed by atoms with E-state index in [0.717, 1.165) is 25.7 Å². The van der Waals surface area contributed by atoms with Gasteiger partial charge in [0.05, 0.1) is 10.6 Å².